The number of benzene rings is 4. The van der Waals surface area contributed by atoms with Crippen molar-refractivity contribution in [2.24, 2.45) is 0 Å². The van der Waals surface area contributed by atoms with Gasteiger partial charge < -0.3 is 53.2 Å². The van der Waals surface area contributed by atoms with E-state index in [0.717, 1.165) is 0 Å². The molecule has 0 saturated heterocycles. The maximum absolute atomic E-state index is 14.9. The molecule has 5 rings (SSSR count). The van der Waals surface area contributed by atoms with Crippen molar-refractivity contribution in [3.63, 3.8) is 0 Å². The number of methoxy groups -OCH3 is 4. The van der Waals surface area contributed by atoms with Crippen molar-refractivity contribution in [1.29, 1.82) is 0 Å². The van der Waals surface area contributed by atoms with Gasteiger partial charge in [-0.3, -0.25) is 19.2 Å². The summed E-state index contributed by atoms with van der Waals surface area (Å²) in [6.07, 6.45) is 0.183. The molecular weight excluding hydrogens is 778 g/mol. The van der Waals surface area contributed by atoms with Crippen molar-refractivity contribution in [3.8, 4) is 23.0 Å². The number of carbonyl (C=O) groups excluding carboxylic acids is 4. The van der Waals surface area contributed by atoms with Gasteiger partial charge in [0.1, 0.15) is 50.9 Å². The first kappa shape index (κ1) is 43.5. The van der Waals surface area contributed by atoms with Crippen LogP contribution in [0.4, 0.5) is 20.2 Å². The first-order chi connectivity index (χ1) is 28.4. The third kappa shape index (κ3) is 10.9. The molecule has 0 spiro atoms. The van der Waals surface area contributed by atoms with Crippen LogP contribution >= 0.6 is 0 Å². The van der Waals surface area contributed by atoms with Gasteiger partial charge >= 0.3 is 23.9 Å². The molecule has 0 radical (unpaired) electrons. The highest BCUT2D eigenvalue weighted by Gasteiger charge is 2.31. The molecule has 0 heterocycles. The number of aromatic hydroxyl groups is 2. The summed E-state index contributed by atoms with van der Waals surface area (Å²) < 4.78 is 67.0. The van der Waals surface area contributed by atoms with E-state index in [2.05, 4.69) is 0 Å². The molecule has 0 atom stereocenters. The summed E-state index contributed by atoms with van der Waals surface area (Å²) in [6.45, 7) is -1.07. The van der Waals surface area contributed by atoms with Gasteiger partial charge in [0.15, 0.2) is 23.1 Å². The molecule has 4 aromatic rings. The second kappa shape index (κ2) is 20.2. The number of para-hydroxylation sites is 2. The maximum Gasteiger partial charge on any atom is 0.325 e. The number of halogens is 2. The highest BCUT2D eigenvalue weighted by Crippen LogP contribution is 2.46. The molecule has 59 heavy (non-hydrogen) atoms. The first-order valence-corrected chi connectivity index (χ1v) is 18.2. The molecule has 0 saturated carbocycles. The number of anilines is 2. The van der Waals surface area contributed by atoms with Crippen molar-refractivity contribution >= 4 is 35.3 Å². The van der Waals surface area contributed by atoms with Crippen LogP contribution in [-0.2, 0) is 49.3 Å². The van der Waals surface area contributed by atoms with E-state index < -0.39 is 52.9 Å². The number of carbonyl (C=O) groups is 4. The average Bonchev–Trinajstić information content (AvgIpc) is 3.23. The number of fused-ring (bicyclic) bond motifs is 2. The molecule has 0 bridgehead atoms. The van der Waals surface area contributed by atoms with Gasteiger partial charge in [-0.1, -0.05) is 18.2 Å². The zero-order valence-electron chi connectivity index (χ0n) is 32.8. The van der Waals surface area contributed by atoms with Gasteiger partial charge in [-0.25, -0.2) is 8.78 Å². The quantitative estimate of drug-likeness (QED) is 0.0686. The molecule has 0 unspecified atom stereocenters. The molecule has 1 aliphatic carbocycles. The maximum atomic E-state index is 14.9. The predicted octanol–water partition coefficient (Wildman–Crippen LogP) is 4.24. The van der Waals surface area contributed by atoms with E-state index in [1.807, 2.05) is 0 Å². The van der Waals surface area contributed by atoms with Crippen LogP contribution in [0.5, 0.6) is 23.0 Å². The topological polar surface area (TPSA) is 180 Å². The molecule has 2 N–H and O–H groups in total. The Morgan fingerprint density at radius 1 is 0.593 bits per heavy atom. The van der Waals surface area contributed by atoms with Crippen molar-refractivity contribution in [2.75, 3.05) is 90.8 Å². The Morgan fingerprint density at radius 3 is 1.51 bits per heavy atom. The van der Waals surface area contributed by atoms with Gasteiger partial charge in [-0.2, -0.15) is 0 Å². The van der Waals surface area contributed by atoms with Gasteiger partial charge in [-0.15, -0.1) is 0 Å². The Morgan fingerprint density at radius 2 is 1.03 bits per heavy atom. The van der Waals surface area contributed by atoms with Crippen LogP contribution in [0, 0.1) is 11.6 Å². The minimum atomic E-state index is -0.879. The number of ether oxygens (including phenoxy) is 7. The molecule has 17 heteroatoms. The smallest absolute Gasteiger partial charge is 0.325 e. The summed E-state index contributed by atoms with van der Waals surface area (Å²) in [6, 6.07) is 16.6. The summed E-state index contributed by atoms with van der Waals surface area (Å²) in [5.74, 6) is -5.60. The van der Waals surface area contributed by atoms with Gasteiger partial charge in [0.25, 0.3) is 0 Å². The molecule has 314 valence electrons. The minimum absolute atomic E-state index is 0.0313. The second-order valence-electron chi connectivity index (χ2n) is 13.1. The summed E-state index contributed by atoms with van der Waals surface area (Å²) >= 11 is 0. The lowest BCUT2D eigenvalue weighted by Crippen LogP contribution is -2.36. The zero-order valence-corrected chi connectivity index (χ0v) is 32.8. The molecule has 15 nitrogen and oxygen atoms in total. The lowest BCUT2D eigenvalue weighted by atomic mass is 9.74. The standard InChI is InChI=1S/C42H44F2N2O13/c1-53-38(49)21-45(22-39(50)54-2)32-7-5-6-8-36(32)58-13-11-57-12-14-59-37-18-25(9-10-33(37)46(23-40(51)55-3)24-41(52)56-4)42-28-19-30(43)34(47)16-26(28)15-27-17-35(48)31(44)20-29(27)42/h5-10,16-20,42,47-48H,11-15,21-24H2,1-4H3. The molecule has 4 aromatic carbocycles. The number of phenols is 2. The van der Waals surface area contributed by atoms with E-state index in [9.17, 15) is 38.2 Å². The third-order valence-electron chi connectivity index (χ3n) is 9.45. The number of hydrogen-bond donors (Lipinski definition) is 2. The fourth-order valence-electron chi connectivity index (χ4n) is 6.60. The van der Waals surface area contributed by atoms with Crippen LogP contribution < -0.4 is 19.3 Å². The Hall–Kier alpha value is -6.62. The van der Waals surface area contributed by atoms with Crippen LogP contribution in [-0.4, -0.2) is 115 Å². The van der Waals surface area contributed by atoms with E-state index in [4.69, 9.17) is 33.2 Å². The fourth-order valence-corrected chi connectivity index (χ4v) is 6.60. The molecule has 0 aromatic heterocycles. The number of esters is 4. The Labute approximate surface area is 338 Å². The third-order valence-corrected chi connectivity index (χ3v) is 9.45. The molecule has 0 fully saturated rings. The average molecular weight is 823 g/mol. The highest BCUT2D eigenvalue weighted by molar-refractivity contribution is 5.83. The summed E-state index contributed by atoms with van der Waals surface area (Å²) in [5.41, 5.74) is 3.23. The van der Waals surface area contributed by atoms with Crippen LogP contribution in [0.15, 0.2) is 66.7 Å². The van der Waals surface area contributed by atoms with Crippen LogP contribution in [0.1, 0.15) is 33.7 Å². The highest BCUT2D eigenvalue weighted by atomic mass is 19.1. The van der Waals surface area contributed by atoms with Gasteiger partial charge in [-0.05, 0) is 82.8 Å². The van der Waals surface area contributed by atoms with Crippen molar-refractivity contribution in [2.45, 2.75) is 12.3 Å². The molecule has 1 aliphatic rings. The number of nitrogens with zero attached hydrogens (tertiary/aromatic N) is 2. The number of rotatable bonds is 19. The monoisotopic (exact) mass is 822 g/mol. The number of hydrogen-bond acceptors (Lipinski definition) is 15. The van der Waals surface area contributed by atoms with E-state index in [0.29, 0.717) is 39.3 Å². The second-order valence-corrected chi connectivity index (χ2v) is 13.1. The van der Waals surface area contributed by atoms with E-state index in [1.165, 1.54) is 62.5 Å². The van der Waals surface area contributed by atoms with Crippen molar-refractivity contribution in [3.05, 3.63) is 106 Å². The minimum Gasteiger partial charge on any atom is -0.505 e. The van der Waals surface area contributed by atoms with Gasteiger partial charge in [0.05, 0.1) is 53.0 Å². The fraction of sp³-hybridized carbons (Fsp3) is 0.333. The summed E-state index contributed by atoms with van der Waals surface area (Å²) in [7, 11) is 4.87. The lowest BCUT2D eigenvalue weighted by molar-refractivity contribution is -0.141. The van der Waals surface area contributed by atoms with E-state index in [1.54, 1.807) is 42.5 Å². The molecule has 0 aliphatic heterocycles. The number of phenolic OH excluding ortho intramolecular Hbond substituents is 2. The summed E-state index contributed by atoms with van der Waals surface area (Å²) in [4.78, 5) is 52.0. The van der Waals surface area contributed by atoms with Crippen molar-refractivity contribution in [1.82, 2.24) is 0 Å². The van der Waals surface area contributed by atoms with Crippen molar-refractivity contribution < 1.29 is 71.3 Å². The van der Waals surface area contributed by atoms with E-state index >= 15 is 0 Å². The Balaban J connectivity index is 1.38. The normalized spacial score (nSPS) is 11.8. The van der Waals surface area contributed by atoms with E-state index in [-0.39, 0.29) is 70.5 Å². The molecule has 0 amide bonds. The van der Waals surface area contributed by atoms with Gasteiger partial charge in [0, 0.05) is 5.92 Å². The van der Waals surface area contributed by atoms with Crippen LogP contribution in [0.2, 0.25) is 0 Å². The molecular formula is C42H44F2N2O13. The predicted molar refractivity (Wildman–Crippen MR) is 207 cm³/mol. The largest absolute Gasteiger partial charge is 0.505 e. The SMILES string of the molecule is COC(=O)CN(CC(=O)OC)c1ccccc1OCCOCCOc1cc(C2c3cc(F)c(O)cc3Cc3cc(O)c(F)cc32)ccc1N(CC(=O)OC)CC(=O)OC. The lowest BCUT2D eigenvalue weighted by Gasteiger charge is -2.31. The first-order valence-electron chi connectivity index (χ1n) is 18.2. The van der Waals surface area contributed by atoms with Crippen LogP contribution in [0.25, 0.3) is 0 Å². The Kier molecular flexibility index (Phi) is 14.9. The van der Waals surface area contributed by atoms with Crippen LogP contribution in [0.3, 0.4) is 0 Å². The van der Waals surface area contributed by atoms with Gasteiger partial charge in [0.2, 0.25) is 0 Å². The zero-order chi connectivity index (χ0) is 42.6. The Bertz CT molecular complexity index is 2070. The summed E-state index contributed by atoms with van der Waals surface area (Å²) in [5, 5.41) is 20.4.